The number of ether oxygens (including phenoxy) is 1. The van der Waals surface area contributed by atoms with E-state index in [2.05, 4.69) is 0 Å². The summed E-state index contributed by atoms with van der Waals surface area (Å²) in [5.41, 5.74) is 1.00. The Morgan fingerprint density at radius 2 is 2.00 bits per heavy atom. The molecule has 0 radical (unpaired) electrons. The maximum Gasteiger partial charge on any atom is 0.335 e. The molecule has 1 aliphatic rings. The number of rotatable bonds is 3. The molecule has 0 unspecified atom stereocenters. The minimum absolute atomic E-state index is 0.290. The third kappa shape index (κ3) is 3.91. The summed E-state index contributed by atoms with van der Waals surface area (Å²) in [5, 5.41) is 0. The maximum atomic E-state index is 11.5. The van der Waals surface area contributed by atoms with Gasteiger partial charge in [-0.15, -0.1) is 0 Å². The summed E-state index contributed by atoms with van der Waals surface area (Å²) < 4.78 is 5.25. The van der Waals surface area contributed by atoms with Crippen LogP contribution in [0, 0.1) is 0 Å². The van der Waals surface area contributed by atoms with Gasteiger partial charge < -0.3 is 4.74 Å². The van der Waals surface area contributed by atoms with Crippen molar-refractivity contribution in [3.8, 4) is 0 Å². The molecule has 0 heterocycles. The van der Waals surface area contributed by atoms with Crippen LogP contribution in [0.15, 0.2) is 48.2 Å². The number of hydrogen-bond donors (Lipinski definition) is 0. The quantitative estimate of drug-likeness (QED) is 0.582. The fraction of sp³-hybridized carbons (Fsp3) is 0.267. The van der Waals surface area contributed by atoms with Gasteiger partial charge in [0.05, 0.1) is 0 Å². The Kier molecular flexibility index (Phi) is 4.14. The highest BCUT2D eigenvalue weighted by atomic mass is 16.5. The normalized spacial score (nSPS) is 15.6. The Morgan fingerprint density at radius 3 is 2.71 bits per heavy atom. The first-order valence-electron chi connectivity index (χ1n) is 5.98. The summed E-state index contributed by atoms with van der Waals surface area (Å²) in [6.45, 7) is 0. The molecule has 2 rings (SSSR count). The lowest BCUT2D eigenvalue weighted by Crippen LogP contribution is -2.03. The first-order valence-corrected chi connectivity index (χ1v) is 5.98. The third-order valence-electron chi connectivity index (χ3n) is 2.69. The minimum Gasteiger partial charge on any atom is -0.428 e. The van der Waals surface area contributed by atoms with Crippen molar-refractivity contribution in [2.75, 3.05) is 0 Å². The summed E-state index contributed by atoms with van der Waals surface area (Å²) in [7, 11) is 0. The van der Waals surface area contributed by atoms with Gasteiger partial charge >= 0.3 is 5.97 Å². The predicted molar refractivity (Wildman–Crippen MR) is 68.1 cm³/mol. The smallest absolute Gasteiger partial charge is 0.335 e. The third-order valence-corrected chi connectivity index (χ3v) is 2.69. The average Bonchev–Trinajstić information content (AvgIpc) is 2.39. The Balaban J connectivity index is 1.89. The second-order valence-electron chi connectivity index (χ2n) is 4.08. The van der Waals surface area contributed by atoms with Crippen LogP contribution in [0.25, 0.3) is 6.08 Å². The van der Waals surface area contributed by atoms with Gasteiger partial charge in [0.25, 0.3) is 0 Å². The lowest BCUT2D eigenvalue weighted by molar-refractivity contribution is -0.134. The van der Waals surface area contributed by atoms with Crippen LogP contribution in [-0.4, -0.2) is 5.97 Å². The van der Waals surface area contributed by atoms with Crippen LogP contribution in [0.2, 0.25) is 0 Å². The van der Waals surface area contributed by atoms with Gasteiger partial charge in [-0.1, -0.05) is 30.3 Å². The van der Waals surface area contributed by atoms with Gasteiger partial charge in [-0.25, -0.2) is 4.79 Å². The molecule has 2 nitrogen and oxygen atoms in total. The Hall–Kier alpha value is -1.83. The van der Waals surface area contributed by atoms with E-state index < -0.39 is 0 Å². The van der Waals surface area contributed by atoms with E-state index in [0.29, 0.717) is 0 Å². The van der Waals surface area contributed by atoms with Gasteiger partial charge in [-0.3, -0.25) is 0 Å². The maximum absolute atomic E-state index is 11.5. The summed E-state index contributed by atoms with van der Waals surface area (Å²) in [4.78, 5) is 11.5. The molecule has 2 heteroatoms. The summed E-state index contributed by atoms with van der Waals surface area (Å²) in [6.07, 6.45) is 9.46. The molecule has 1 aliphatic carbocycles. The van der Waals surface area contributed by atoms with Crippen LogP contribution < -0.4 is 0 Å². The van der Waals surface area contributed by atoms with Crippen molar-refractivity contribution in [1.29, 1.82) is 0 Å². The van der Waals surface area contributed by atoms with E-state index >= 15 is 0 Å². The van der Waals surface area contributed by atoms with E-state index in [0.717, 1.165) is 30.6 Å². The molecule has 0 aromatic heterocycles. The fourth-order valence-electron chi connectivity index (χ4n) is 1.79. The highest BCUT2D eigenvalue weighted by Gasteiger charge is 2.07. The highest BCUT2D eigenvalue weighted by molar-refractivity contribution is 5.87. The van der Waals surface area contributed by atoms with E-state index in [9.17, 15) is 4.79 Å². The lowest BCUT2D eigenvalue weighted by atomic mass is 10.1. The molecule has 0 aliphatic heterocycles. The van der Waals surface area contributed by atoms with Gasteiger partial charge in [0.1, 0.15) is 5.76 Å². The SMILES string of the molecule is O=C(/C=C/c1ccccc1)OC1=CCCCC1. The number of esters is 1. The van der Waals surface area contributed by atoms with E-state index in [-0.39, 0.29) is 5.97 Å². The van der Waals surface area contributed by atoms with E-state index in [1.165, 1.54) is 12.5 Å². The van der Waals surface area contributed by atoms with Gasteiger partial charge in [0, 0.05) is 12.5 Å². The highest BCUT2D eigenvalue weighted by Crippen LogP contribution is 2.18. The monoisotopic (exact) mass is 228 g/mol. The van der Waals surface area contributed by atoms with Gasteiger partial charge in [0.2, 0.25) is 0 Å². The number of benzene rings is 1. The standard InChI is InChI=1S/C15H16O2/c16-15(17-14-9-5-2-6-10-14)12-11-13-7-3-1-4-8-13/h1,3-4,7-9,11-12H,2,5-6,10H2/b12-11+. The van der Waals surface area contributed by atoms with Crippen LogP contribution in [0.3, 0.4) is 0 Å². The van der Waals surface area contributed by atoms with Crippen molar-refractivity contribution in [3.63, 3.8) is 0 Å². The number of carbonyl (C=O) groups excluding carboxylic acids is 1. The summed E-state index contributed by atoms with van der Waals surface area (Å²) in [5.74, 6) is 0.529. The predicted octanol–water partition coefficient (Wildman–Crippen LogP) is 3.70. The first kappa shape index (κ1) is 11.6. The molecule has 0 atom stereocenters. The van der Waals surface area contributed by atoms with Crippen molar-refractivity contribution in [2.45, 2.75) is 25.7 Å². The molecule has 0 fully saturated rings. The Bertz CT molecular complexity index is 429. The van der Waals surface area contributed by atoms with Crippen LogP contribution >= 0.6 is 0 Å². The number of hydrogen-bond acceptors (Lipinski definition) is 2. The molecule has 17 heavy (non-hydrogen) atoms. The van der Waals surface area contributed by atoms with Crippen molar-refractivity contribution >= 4 is 12.0 Å². The molecule has 0 saturated carbocycles. The van der Waals surface area contributed by atoms with Crippen molar-refractivity contribution in [2.24, 2.45) is 0 Å². The minimum atomic E-state index is -0.290. The molecular weight excluding hydrogens is 212 g/mol. The fourth-order valence-corrected chi connectivity index (χ4v) is 1.79. The van der Waals surface area contributed by atoms with Gasteiger partial charge in [-0.05, 0) is 37.0 Å². The van der Waals surface area contributed by atoms with Crippen molar-refractivity contribution in [1.82, 2.24) is 0 Å². The molecule has 0 amide bonds. The summed E-state index contributed by atoms with van der Waals surface area (Å²) in [6, 6.07) is 9.72. The second kappa shape index (κ2) is 6.04. The molecule has 0 bridgehead atoms. The molecule has 0 saturated heterocycles. The van der Waals surface area contributed by atoms with Crippen LogP contribution in [-0.2, 0) is 9.53 Å². The summed E-state index contributed by atoms with van der Waals surface area (Å²) >= 11 is 0. The molecule has 0 N–H and O–H groups in total. The zero-order valence-corrected chi connectivity index (χ0v) is 9.76. The van der Waals surface area contributed by atoms with E-state index in [1.54, 1.807) is 6.08 Å². The van der Waals surface area contributed by atoms with Crippen LogP contribution in [0.1, 0.15) is 31.2 Å². The van der Waals surface area contributed by atoms with Gasteiger partial charge in [0.15, 0.2) is 0 Å². The molecular formula is C15H16O2. The van der Waals surface area contributed by atoms with E-state index in [1.807, 2.05) is 36.4 Å². The topological polar surface area (TPSA) is 26.3 Å². The second-order valence-corrected chi connectivity index (χ2v) is 4.08. The zero-order valence-electron chi connectivity index (χ0n) is 9.76. The Labute approximate surface area is 102 Å². The molecule has 1 aromatic carbocycles. The lowest BCUT2D eigenvalue weighted by Gasteiger charge is -2.11. The first-order chi connectivity index (χ1) is 8.34. The molecule has 1 aromatic rings. The average molecular weight is 228 g/mol. The van der Waals surface area contributed by atoms with Crippen LogP contribution in [0.5, 0.6) is 0 Å². The van der Waals surface area contributed by atoms with Crippen molar-refractivity contribution in [3.05, 3.63) is 53.8 Å². The van der Waals surface area contributed by atoms with Crippen LogP contribution in [0.4, 0.5) is 0 Å². The Morgan fingerprint density at radius 1 is 1.18 bits per heavy atom. The van der Waals surface area contributed by atoms with E-state index in [4.69, 9.17) is 4.74 Å². The molecule has 0 spiro atoms. The van der Waals surface area contributed by atoms with Crippen molar-refractivity contribution < 1.29 is 9.53 Å². The largest absolute Gasteiger partial charge is 0.428 e. The number of allylic oxidation sites excluding steroid dienone is 2. The number of carbonyl (C=O) groups is 1. The zero-order chi connectivity index (χ0) is 11.9. The molecule has 88 valence electrons. The van der Waals surface area contributed by atoms with Gasteiger partial charge in [-0.2, -0.15) is 0 Å².